The Morgan fingerprint density at radius 2 is 2.16 bits per heavy atom. The summed E-state index contributed by atoms with van der Waals surface area (Å²) in [4.78, 5) is 6.52. The van der Waals surface area contributed by atoms with Gasteiger partial charge in [0.1, 0.15) is 4.99 Å². The van der Waals surface area contributed by atoms with E-state index in [1.54, 1.807) is 6.20 Å². The van der Waals surface area contributed by atoms with Crippen LogP contribution in [0.4, 0.5) is 5.69 Å². The van der Waals surface area contributed by atoms with Gasteiger partial charge in [-0.15, -0.1) is 0 Å². The topological polar surface area (TPSA) is 42.2 Å². The number of anilines is 1. The van der Waals surface area contributed by atoms with Crippen molar-refractivity contribution in [2.45, 2.75) is 6.54 Å². The molecule has 0 bridgehead atoms. The Hall–Kier alpha value is -1.65. The first-order valence-corrected chi connectivity index (χ1v) is 6.56. The Balaban J connectivity index is 2.18. The molecule has 1 aromatic heterocycles. The van der Waals surface area contributed by atoms with Crippen LogP contribution >= 0.6 is 23.8 Å². The van der Waals surface area contributed by atoms with Crippen LogP contribution < -0.4 is 10.6 Å². The second-order valence-corrected chi connectivity index (χ2v) is 5.13. The molecule has 0 spiro atoms. The molecule has 1 aromatic carbocycles. The van der Waals surface area contributed by atoms with Crippen LogP contribution in [0.5, 0.6) is 0 Å². The quantitative estimate of drug-likeness (QED) is 0.880. The Morgan fingerprint density at radius 3 is 2.84 bits per heavy atom. The van der Waals surface area contributed by atoms with Gasteiger partial charge in [-0.2, -0.15) is 0 Å². The van der Waals surface area contributed by atoms with Crippen molar-refractivity contribution in [2.75, 3.05) is 11.9 Å². The van der Waals surface area contributed by atoms with Crippen LogP contribution in [0.25, 0.3) is 0 Å². The van der Waals surface area contributed by atoms with Crippen molar-refractivity contribution >= 4 is 34.5 Å². The van der Waals surface area contributed by atoms with E-state index in [0.717, 1.165) is 22.8 Å². The Morgan fingerprint density at radius 1 is 1.37 bits per heavy atom. The predicted molar refractivity (Wildman–Crippen MR) is 83.7 cm³/mol. The molecule has 0 aliphatic heterocycles. The lowest BCUT2D eigenvalue weighted by molar-refractivity contribution is 0.920. The molecule has 3 nitrogen and oxygen atoms in total. The molecule has 0 amide bonds. The zero-order chi connectivity index (χ0) is 13.8. The van der Waals surface area contributed by atoms with E-state index >= 15 is 0 Å². The summed E-state index contributed by atoms with van der Waals surface area (Å²) in [5.41, 5.74) is 8.37. The molecule has 0 aliphatic carbocycles. The molecule has 0 atom stereocenters. The first-order valence-electron chi connectivity index (χ1n) is 5.77. The number of halogens is 1. The van der Waals surface area contributed by atoms with E-state index in [1.807, 2.05) is 43.4 Å². The standard InChI is InChI=1S/C14H14ClN3S/c1-18(9-10-3-2-4-11(15)7-10)12-5-6-17-13(8-12)14(16)19/h2-8H,9H2,1H3,(H2,16,19). The number of rotatable bonds is 4. The largest absolute Gasteiger partial charge is 0.388 e. The van der Waals surface area contributed by atoms with Crippen LogP contribution in [0.3, 0.4) is 0 Å². The molecule has 0 saturated heterocycles. The molecule has 0 radical (unpaired) electrons. The zero-order valence-corrected chi connectivity index (χ0v) is 12.1. The van der Waals surface area contributed by atoms with E-state index in [-0.39, 0.29) is 0 Å². The summed E-state index contributed by atoms with van der Waals surface area (Å²) in [6, 6.07) is 11.6. The van der Waals surface area contributed by atoms with Gasteiger partial charge in [-0.3, -0.25) is 4.98 Å². The SMILES string of the molecule is CN(Cc1cccc(Cl)c1)c1ccnc(C(N)=S)c1. The minimum absolute atomic E-state index is 0.304. The number of nitrogens with zero attached hydrogens (tertiary/aromatic N) is 2. The molecular weight excluding hydrogens is 278 g/mol. The maximum atomic E-state index is 5.98. The van der Waals surface area contributed by atoms with Gasteiger partial charge in [0.2, 0.25) is 0 Å². The fraction of sp³-hybridized carbons (Fsp3) is 0.143. The van der Waals surface area contributed by atoms with Crippen LogP contribution in [-0.2, 0) is 6.54 Å². The minimum atomic E-state index is 0.304. The molecule has 5 heteroatoms. The number of hydrogen-bond acceptors (Lipinski definition) is 3. The average molecular weight is 292 g/mol. The molecule has 19 heavy (non-hydrogen) atoms. The average Bonchev–Trinajstić information content (AvgIpc) is 2.39. The van der Waals surface area contributed by atoms with Crippen molar-refractivity contribution in [3.8, 4) is 0 Å². The highest BCUT2D eigenvalue weighted by molar-refractivity contribution is 7.80. The fourth-order valence-electron chi connectivity index (χ4n) is 1.79. The number of pyridine rings is 1. The monoisotopic (exact) mass is 291 g/mol. The van der Waals surface area contributed by atoms with Gasteiger partial charge in [0.05, 0.1) is 5.69 Å². The highest BCUT2D eigenvalue weighted by Gasteiger charge is 2.05. The van der Waals surface area contributed by atoms with Crippen LogP contribution in [0.1, 0.15) is 11.3 Å². The van der Waals surface area contributed by atoms with Gasteiger partial charge in [-0.25, -0.2) is 0 Å². The molecule has 1 heterocycles. The normalized spacial score (nSPS) is 10.2. The van der Waals surface area contributed by atoms with Gasteiger partial charge >= 0.3 is 0 Å². The molecule has 2 aromatic rings. The number of benzene rings is 1. The number of thiocarbonyl (C=S) groups is 1. The van der Waals surface area contributed by atoms with E-state index in [0.29, 0.717) is 10.7 Å². The van der Waals surface area contributed by atoms with E-state index < -0.39 is 0 Å². The van der Waals surface area contributed by atoms with Crippen LogP contribution in [0, 0.1) is 0 Å². The van der Waals surface area contributed by atoms with Crippen molar-refractivity contribution in [1.82, 2.24) is 4.98 Å². The molecule has 98 valence electrons. The van der Waals surface area contributed by atoms with Gasteiger partial charge < -0.3 is 10.6 Å². The van der Waals surface area contributed by atoms with Crippen LogP contribution in [-0.4, -0.2) is 17.0 Å². The number of nitrogens with two attached hydrogens (primary N) is 1. The number of aromatic nitrogens is 1. The predicted octanol–water partition coefficient (Wildman–Crippen LogP) is 3.01. The van der Waals surface area contributed by atoms with Crippen molar-refractivity contribution in [1.29, 1.82) is 0 Å². The van der Waals surface area contributed by atoms with E-state index in [4.69, 9.17) is 29.6 Å². The summed E-state index contributed by atoms with van der Waals surface area (Å²) in [7, 11) is 2.00. The molecule has 0 unspecified atom stereocenters. The van der Waals surface area contributed by atoms with Gasteiger partial charge in [-0.05, 0) is 29.8 Å². The van der Waals surface area contributed by atoms with Gasteiger partial charge in [0, 0.05) is 30.5 Å². The fourth-order valence-corrected chi connectivity index (χ4v) is 2.12. The lowest BCUT2D eigenvalue weighted by Gasteiger charge is -2.20. The van der Waals surface area contributed by atoms with Crippen molar-refractivity contribution < 1.29 is 0 Å². The van der Waals surface area contributed by atoms with Gasteiger partial charge in [0.15, 0.2) is 0 Å². The van der Waals surface area contributed by atoms with Gasteiger partial charge in [-0.1, -0.05) is 36.0 Å². The third-order valence-electron chi connectivity index (χ3n) is 2.75. The van der Waals surface area contributed by atoms with Crippen LogP contribution in [0.2, 0.25) is 5.02 Å². The zero-order valence-electron chi connectivity index (χ0n) is 10.5. The first-order chi connectivity index (χ1) is 9.06. The molecule has 2 N–H and O–H groups in total. The minimum Gasteiger partial charge on any atom is -0.388 e. The summed E-state index contributed by atoms with van der Waals surface area (Å²) in [5, 5.41) is 0.740. The van der Waals surface area contributed by atoms with Gasteiger partial charge in [0.25, 0.3) is 0 Å². The lowest BCUT2D eigenvalue weighted by atomic mass is 10.2. The summed E-state index contributed by atoms with van der Waals surface area (Å²) in [6.07, 6.45) is 1.71. The van der Waals surface area contributed by atoms with E-state index in [9.17, 15) is 0 Å². The number of hydrogen-bond donors (Lipinski definition) is 1. The second kappa shape index (κ2) is 5.99. The Bertz CT molecular complexity index is 601. The molecule has 0 saturated carbocycles. The third-order valence-corrected chi connectivity index (χ3v) is 3.19. The molecule has 2 rings (SSSR count). The van der Waals surface area contributed by atoms with Crippen molar-refractivity contribution in [3.05, 3.63) is 58.9 Å². The molecule has 0 aliphatic rings. The third kappa shape index (κ3) is 3.66. The highest BCUT2D eigenvalue weighted by atomic mass is 35.5. The summed E-state index contributed by atoms with van der Waals surface area (Å²) in [5.74, 6) is 0. The first kappa shape index (κ1) is 13.8. The Kier molecular flexibility index (Phi) is 4.35. The van der Waals surface area contributed by atoms with E-state index in [2.05, 4.69) is 9.88 Å². The van der Waals surface area contributed by atoms with Crippen molar-refractivity contribution in [2.24, 2.45) is 5.73 Å². The molecule has 0 fully saturated rings. The Labute approximate surface area is 123 Å². The maximum Gasteiger partial charge on any atom is 0.122 e. The summed E-state index contributed by atoms with van der Waals surface area (Å²) in [6.45, 7) is 0.751. The molecular formula is C14H14ClN3S. The summed E-state index contributed by atoms with van der Waals surface area (Å²) >= 11 is 10.9. The van der Waals surface area contributed by atoms with Crippen LogP contribution in [0.15, 0.2) is 42.6 Å². The lowest BCUT2D eigenvalue weighted by Crippen LogP contribution is -2.18. The smallest absolute Gasteiger partial charge is 0.122 e. The van der Waals surface area contributed by atoms with Crippen molar-refractivity contribution in [3.63, 3.8) is 0 Å². The summed E-state index contributed by atoms with van der Waals surface area (Å²) < 4.78 is 0. The second-order valence-electron chi connectivity index (χ2n) is 4.25. The highest BCUT2D eigenvalue weighted by Crippen LogP contribution is 2.18. The maximum absolute atomic E-state index is 5.98. The van der Waals surface area contributed by atoms with E-state index in [1.165, 1.54) is 0 Å².